The van der Waals surface area contributed by atoms with Crippen LogP contribution in [0.1, 0.15) is 28.2 Å². The van der Waals surface area contributed by atoms with E-state index in [0.29, 0.717) is 18.8 Å². The first-order valence-electron chi connectivity index (χ1n) is 8.76. The van der Waals surface area contributed by atoms with Crippen molar-refractivity contribution in [2.45, 2.75) is 19.9 Å². The van der Waals surface area contributed by atoms with Crippen LogP contribution in [0.4, 0.5) is 0 Å². The molecule has 0 radical (unpaired) electrons. The van der Waals surface area contributed by atoms with Gasteiger partial charge in [-0.2, -0.15) is 0 Å². The lowest BCUT2D eigenvalue weighted by atomic mass is 10.2. The van der Waals surface area contributed by atoms with Crippen LogP contribution in [0.15, 0.2) is 30.3 Å². The van der Waals surface area contributed by atoms with Gasteiger partial charge in [0.2, 0.25) is 0 Å². The molecule has 1 aromatic heterocycles. The number of amides is 1. The fraction of sp³-hybridized carbons (Fsp3) is 0.500. The van der Waals surface area contributed by atoms with Crippen molar-refractivity contribution in [1.82, 2.24) is 25.2 Å². The zero-order chi connectivity index (χ0) is 17.5. The molecule has 1 fully saturated rings. The Kier molecular flexibility index (Phi) is 6.14. The Morgan fingerprint density at radius 1 is 1.24 bits per heavy atom. The second kappa shape index (κ2) is 8.73. The molecular formula is C18H25N5O2. The van der Waals surface area contributed by atoms with E-state index in [0.717, 1.165) is 50.5 Å². The molecule has 25 heavy (non-hydrogen) atoms. The van der Waals surface area contributed by atoms with Crippen LogP contribution in [0.2, 0.25) is 0 Å². The molecule has 134 valence electrons. The third-order valence-corrected chi connectivity index (χ3v) is 4.41. The second-order valence-electron chi connectivity index (χ2n) is 6.23. The van der Waals surface area contributed by atoms with Gasteiger partial charge in [0, 0.05) is 19.6 Å². The second-order valence-corrected chi connectivity index (χ2v) is 6.23. The van der Waals surface area contributed by atoms with Crippen molar-refractivity contribution >= 4 is 5.91 Å². The summed E-state index contributed by atoms with van der Waals surface area (Å²) in [6.45, 7) is 7.66. The quantitative estimate of drug-likeness (QED) is 0.762. The van der Waals surface area contributed by atoms with Crippen LogP contribution in [-0.4, -0.2) is 65.2 Å². The molecule has 1 aliphatic rings. The Bertz CT molecular complexity index is 680. The maximum absolute atomic E-state index is 12.3. The highest BCUT2D eigenvalue weighted by Crippen LogP contribution is 2.08. The maximum atomic E-state index is 12.3. The first kappa shape index (κ1) is 17.6. The largest absolute Gasteiger partial charge is 0.379 e. The average Bonchev–Trinajstić information content (AvgIpc) is 3.01. The summed E-state index contributed by atoms with van der Waals surface area (Å²) in [4.78, 5) is 14.7. The number of hydrogen-bond donors (Lipinski definition) is 1. The van der Waals surface area contributed by atoms with Gasteiger partial charge in [-0.15, -0.1) is 5.10 Å². The van der Waals surface area contributed by atoms with E-state index < -0.39 is 0 Å². The number of nitrogens with one attached hydrogen (secondary N) is 1. The molecule has 2 heterocycles. The van der Waals surface area contributed by atoms with E-state index in [1.165, 1.54) is 0 Å². The summed E-state index contributed by atoms with van der Waals surface area (Å²) in [5.74, 6) is -0.154. The Hall–Kier alpha value is -2.25. The third kappa shape index (κ3) is 4.87. The number of ether oxygens (including phenoxy) is 1. The van der Waals surface area contributed by atoms with Crippen LogP contribution >= 0.6 is 0 Å². The molecule has 0 unspecified atom stereocenters. The van der Waals surface area contributed by atoms with Crippen molar-refractivity contribution in [3.8, 4) is 0 Å². The number of morpholine rings is 1. The summed E-state index contributed by atoms with van der Waals surface area (Å²) in [5, 5.41) is 11.1. The molecular weight excluding hydrogens is 318 g/mol. The topological polar surface area (TPSA) is 72.3 Å². The molecule has 3 rings (SSSR count). The van der Waals surface area contributed by atoms with Crippen molar-refractivity contribution < 1.29 is 9.53 Å². The molecule has 0 bridgehead atoms. The fourth-order valence-corrected chi connectivity index (χ4v) is 2.89. The van der Waals surface area contributed by atoms with Gasteiger partial charge in [-0.25, -0.2) is 4.68 Å². The summed E-state index contributed by atoms with van der Waals surface area (Å²) < 4.78 is 7.09. The van der Waals surface area contributed by atoms with E-state index in [1.807, 2.05) is 37.3 Å². The number of carbonyl (C=O) groups is 1. The molecule has 7 nitrogen and oxygen atoms in total. The lowest BCUT2D eigenvalue weighted by molar-refractivity contribution is 0.0374. The molecule has 1 aromatic carbocycles. The van der Waals surface area contributed by atoms with E-state index in [9.17, 15) is 4.79 Å². The molecule has 1 aliphatic heterocycles. The van der Waals surface area contributed by atoms with Crippen LogP contribution in [0.3, 0.4) is 0 Å². The number of aromatic nitrogens is 3. The first-order valence-corrected chi connectivity index (χ1v) is 8.76. The van der Waals surface area contributed by atoms with Crippen LogP contribution in [0.25, 0.3) is 0 Å². The highest BCUT2D eigenvalue weighted by molar-refractivity contribution is 5.93. The molecule has 0 atom stereocenters. The van der Waals surface area contributed by atoms with Crippen molar-refractivity contribution in [3.05, 3.63) is 47.3 Å². The van der Waals surface area contributed by atoms with E-state index >= 15 is 0 Å². The average molecular weight is 343 g/mol. The van der Waals surface area contributed by atoms with E-state index in [1.54, 1.807) is 4.68 Å². The maximum Gasteiger partial charge on any atom is 0.273 e. The summed E-state index contributed by atoms with van der Waals surface area (Å²) in [6.07, 6.45) is 0.920. The van der Waals surface area contributed by atoms with Gasteiger partial charge in [-0.1, -0.05) is 35.5 Å². The molecule has 7 heteroatoms. The molecule has 1 N–H and O–H groups in total. The fourth-order valence-electron chi connectivity index (χ4n) is 2.89. The first-order chi connectivity index (χ1) is 12.2. The highest BCUT2D eigenvalue weighted by atomic mass is 16.5. The molecule has 1 amide bonds. The van der Waals surface area contributed by atoms with Crippen LogP contribution < -0.4 is 5.32 Å². The smallest absolute Gasteiger partial charge is 0.273 e. The van der Waals surface area contributed by atoms with Gasteiger partial charge in [0.1, 0.15) is 0 Å². The summed E-state index contributed by atoms with van der Waals surface area (Å²) in [5.41, 5.74) is 2.32. The van der Waals surface area contributed by atoms with E-state index in [4.69, 9.17) is 4.74 Å². The SMILES string of the molecule is Cc1c(C(=O)NCCCN2CCOCC2)nnn1Cc1ccccc1. The third-order valence-electron chi connectivity index (χ3n) is 4.41. The van der Waals surface area contributed by atoms with Crippen molar-refractivity contribution in [2.75, 3.05) is 39.4 Å². The number of nitrogens with zero attached hydrogens (tertiary/aromatic N) is 4. The van der Waals surface area contributed by atoms with Crippen molar-refractivity contribution in [2.24, 2.45) is 0 Å². The van der Waals surface area contributed by atoms with Gasteiger partial charge in [-0.3, -0.25) is 9.69 Å². The van der Waals surface area contributed by atoms with Gasteiger partial charge >= 0.3 is 0 Å². The number of rotatable bonds is 7. The lowest BCUT2D eigenvalue weighted by Gasteiger charge is -2.26. The molecule has 0 spiro atoms. The zero-order valence-electron chi connectivity index (χ0n) is 14.6. The minimum absolute atomic E-state index is 0.154. The standard InChI is InChI=1S/C18H25N5O2/c1-15-17(20-21-23(15)14-16-6-3-2-4-7-16)18(24)19-8-5-9-22-10-12-25-13-11-22/h2-4,6-7H,5,8-14H2,1H3,(H,19,24). The lowest BCUT2D eigenvalue weighted by Crippen LogP contribution is -2.38. The number of hydrogen-bond acceptors (Lipinski definition) is 5. The van der Waals surface area contributed by atoms with Gasteiger partial charge < -0.3 is 10.1 Å². The number of carbonyl (C=O) groups excluding carboxylic acids is 1. The minimum atomic E-state index is -0.154. The molecule has 0 saturated carbocycles. The summed E-state index contributed by atoms with van der Waals surface area (Å²) >= 11 is 0. The van der Waals surface area contributed by atoms with Crippen molar-refractivity contribution in [3.63, 3.8) is 0 Å². The van der Waals surface area contributed by atoms with E-state index in [-0.39, 0.29) is 5.91 Å². The highest BCUT2D eigenvalue weighted by Gasteiger charge is 2.16. The Labute approximate surface area is 148 Å². The Morgan fingerprint density at radius 2 is 2.00 bits per heavy atom. The Balaban J connectivity index is 1.47. The molecule has 2 aromatic rings. The predicted molar refractivity (Wildman–Crippen MR) is 94.5 cm³/mol. The van der Waals surface area contributed by atoms with Gasteiger partial charge in [-0.05, 0) is 25.5 Å². The summed E-state index contributed by atoms with van der Waals surface area (Å²) in [7, 11) is 0. The molecule has 0 aliphatic carbocycles. The summed E-state index contributed by atoms with van der Waals surface area (Å²) in [6, 6.07) is 10.0. The van der Waals surface area contributed by atoms with Gasteiger partial charge in [0.15, 0.2) is 5.69 Å². The van der Waals surface area contributed by atoms with E-state index in [2.05, 4.69) is 20.5 Å². The predicted octanol–water partition coefficient (Wildman–Crippen LogP) is 1.09. The normalized spacial score (nSPS) is 15.2. The monoisotopic (exact) mass is 343 g/mol. The zero-order valence-corrected chi connectivity index (χ0v) is 14.6. The van der Waals surface area contributed by atoms with Gasteiger partial charge in [0.25, 0.3) is 5.91 Å². The Morgan fingerprint density at radius 3 is 2.76 bits per heavy atom. The molecule has 1 saturated heterocycles. The number of benzene rings is 1. The van der Waals surface area contributed by atoms with Crippen LogP contribution in [0.5, 0.6) is 0 Å². The van der Waals surface area contributed by atoms with Crippen molar-refractivity contribution in [1.29, 1.82) is 0 Å². The minimum Gasteiger partial charge on any atom is -0.379 e. The van der Waals surface area contributed by atoms with Gasteiger partial charge in [0.05, 0.1) is 25.5 Å². The van der Waals surface area contributed by atoms with Crippen LogP contribution in [-0.2, 0) is 11.3 Å². The van der Waals surface area contributed by atoms with Crippen LogP contribution in [0, 0.1) is 6.92 Å².